The lowest BCUT2D eigenvalue weighted by Gasteiger charge is -2.35. The number of hydrogen-bond acceptors (Lipinski definition) is 6. The molecule has 44 heavy (non-hydrogen) atoms. The average molecular weight is 591 g/mol. The zero-order valence-electron chi connectivity index (χ0n) is 25.2. The molecule has 4 amide bonds. The first-order valence-electron chi connectivity index (χ1n) is 15.3. The number of nitrogens with zero attached hydrogens (tertiary/aromatic N) is 2. The Labute approximate surface area is 254 Å². The fourth-order valence-electron chi connectivity index (χ4n) is 7.58. The molecule has 0 saturated carbocycles. The molecule has 0 aromatic heterocycles. The monoisotopic (exact) mass is 590 g/mol. The largest absolute Gasteiger partial charge is 0.394 e. The minimum absolute atomic E-state index is 0.179. The summed E-state index contributed by atoms with van der Waals surface area (Å²) in [4.78, 5) is 57.8. The lowest BCUT2D eigenvalue weighted by Crippen LogP contribution is -2.49. The van der Waals surface area contributed by atoms with Gasteiger partial charge < -0.3 is 10.2 Å². The SMILES string of the molecule is CC(C)C[C@H](CO)N1C(=O)c2ccc3c4ccc5c6c(ccc(c7ccc(c2c37)C1=O)c64)C(=O)N([C@@H](CO)CC(C)C)C5=O. The summed E-state index contributed by atoms with van der Waals surface area (Å²) in [5, 5.41) is 26.3. The van der Waals surface area contributed by atoms with Crippen molar-refractivity contribution in [1.82, 2.24) is 9.80 Å². The molecule has 2 atom stereocenters. The summed E-state index contributed by atoms with van der Waals surface area (Å²) in [6, 6.07) is 13.2. The minimum Gasteiger partial charge on any atom is -0.394 e. The lowest BCUT2D eigenvalue weighted by molar-refractivity contribution is 0.0432. The lowest BCUT2D eigenvalue weighted by atomic mass is 9.81. The summed E-state index contributed by atoms with van der Waals surface area (Å²) in [6.07, 6.45) is 0.988. The Bertz CT molecular complexity index is 1790. The van der Waals surface area contributed by atoms with Crippen LogP contribution in [0.25, 0.3) is 43.1 Å². The third-order valence-electron chi connectivity index (χ3n) is 9.34. The van der Waals surface area contributed by atoms with E-state index in [4.69, 9.17) is 0 Å². The maximum absolute atomic E-state index is 13.8. The third-order valence-corrected chi connectivity index (χ3v) is 9.34. The molecule has 2 heterocycles. The normalized spacial score (nSPS) is 16.6. The van der Waals surface area contributed by atoms with E-state index in [9.17, 15) is 29.4 Å². The van der Waals surface area contributed by atoms with Gasteiger partial charge in [0, 0.05) is 33.0 Å². The van der Waals surface area contributed by atoms with E-state index in [1.807, 2.05) is 52.0 Å². The Balaban J connectivity index is 1.48. The van der Waals surface area contributed by atoms with E-state index in [-0.39, 0.29) is 25.0 Å². The van der Waals surface area contributed by atoms with Gasteiger partial charge in [0.1, 0.15) is 0 Å². The molecule has 0 radical (unpaired) electrons. The van der Waals surface area contributed by atoms with Crippen molar-refractivity contribution >= 4 is 66.7 Å². The van der Waals surface area contributed by atoms with Crippen molar-refractivity contribution in [3.05, 3.63) is 70.8 Å². The van der Waals surface area contributed by atoms with Crippen LogP contribution in [0.1, 0.15) is 82.0 Å². The molecule has 5 aromatic carbocycles. The van der Waals surface area contributed by atoms with Gasteiger partial charge in [-0.3, -0.25) is 29.0 Å². The highest BCUT2D eigenvalue weighted by atomic mass is 16.3. The Morgan fingerprint density at radius 1 is 0.477 bits per heavy atom. The maximum Gasteiger partial charge on any atom is 0.261 e. The van der Waals surface area contributed by atoms with Crippen molar-refractivity contribution < 1.29 is 29.4 Å². The van der Waals surface area contributed by atoms with E-state index in [0.29, 0.717) is 45.9 Å². The number of fused-ring (bicyclic) bond motifs is 2. The van der Waals surface area contributed by atoms with Gasteiger partial charge in [0.2, 0.25) is 0 Å². The van der Waals surface area contributed by atoms with Crippen molar-refractivity contribution in [3.63, 3.8) is 0 Å². The number of hydrogen-bond donors (Lipinski definition) is 2. The molecule has 224 valence electrons. The number of imide groups is 2. The van der Waals surface area contributed by atoms with Crippen molar-refractivity contribution in [2.45, 2.75) is 52.6 Å². The molecular formula is C36H34N2O6. The van der Waals surface area contributed by atoms with Gasteiger partial charge in [-0.25, -0.2) is 0 Å². The van der Waals surface area contributed by atoms with Gasteiger partial charge in [0.05, 0.1) is 25.3 Å². The van der Waals surface area contributed by atoms with Crippen LogP contribution >= 0.6 is 0 Å². The maximum atomic E-state index is 13.8. The summed E-state index contributed by atoms with van der Waals surface area (Å²) in [5.74, 6) is -1.32. The summed E-state index contributed by atoms with van der Waals surface area (Å²) < 4.78 is 0. The second kappa shape index (κ2) is 10.1. The molecule has 8 nitrogen and oxygen atoms in total. The molecular weight excluding hydrogens is 556 g/mol. The van der Waals surface area contributed by atoms with Crippen LogP contribution in [0.15, 0.2) is 48.5 Å². The first-order chi connectivity index (χ1) is 21.1. The average Bonchev–Trinajstić information content (AvgIpc) is 3.00. The smallest absolute Gasteiger partial charge is 0.261 e. The van der Waals surface area contributed by atoms with Crippen LogP contribution in [0.4, 0.5) is 0 Å². The predicted molar refractivity (Wildman–Crippen MR) is 169 cm³/mol. The van der Waals surface area contributed by atoms with Gasteiger partial charge >= 0.3 is 0 Å². The number of benzene rings is 5. The summed E-state index contributed by atoms with van der Waals surface area (Å²) >= 11 is 0. The molecule has 2 N–H and O–H groups in total. The first kappa shape index (κ1) is 28.4. The van der Waals surface area contributed by atoms with Crippen LogP contribution < -0.4 is 0 Å². The molecule has 5 aromatic rings. The Hall–Kier alpha value is -4.40. The molecule has 0 spiro atoms. The molecule has 0 unspecified atom stereocenters. The molecule has 0 saturated heterocycles. The van der Waals surface area contributed by atoms with Gasteiger partial charge in [-0.15, -0.1) is 0 Å². The zero-order valence-corrected chi connectivity index (χ0v) is 25.2. The highest BCUT2D eigenvalue weighted by molar-refractivity contribution is 6.41. The van der Waals surface area contributed by atoms with Crippen LogP contribution in [-0.2, 0) is 0 Å². The molecule has 8 heteroatoms. The fourth-order valence-corrected chi connectivity index (χ4v) is 7.58. The number of carbonyl (C=O) groups is 4. The molecule has 0 fully saturated rings. The number of rotatable bonds is 8. The molecule has 0 aliphatic carbocycles. The number of aliphatic hydroxyl groups is 2. The highest BCUT2D eigenvalue weighted by Gasteiger charge is 2.40. The molecule has 7 rings (SSSR count). The van der Waals surface area contributed by atoms with Gasteiger partial charge in [0.15, 0.2) is 0 Å². The topological polar surface area (TPSA) is 115 Å². The van der Waals surface area contributed by atoms with E-state index >= 15 is 0 Å². The second-order valence-electron chi connectivity index (χ2n) is 13.0. The summed E-state index contributed by atoms with van der Waals surface area (Å²) in [5.41, 5.74) is 1.66. The summed E-state index contributed by atoms with van der Waals surface area (Å²) in [7, 11) is 0. The van der Waals surface area contributed by atoms with Gasteiger partial charge in [-0.05, 0) is 81.3 Å². The van der Waals surface area contributed by atoms with E-state index in [0.717, 1.165) is 32.3 Å². The van der Waals surface area contributed by atoms with Crippen LogP contribution in [0.5, 0.6) is 0 Å². The zero-order chi connectivity index (χ0) is 31.2. The first-order valence-corrected chi connectivity index (χ1v) is 15.3. The van der Waals surface area contributed by atoms with Gasteiger partial charge in [-0.2, -0.15) is 0 Å². The number of aliphatic hydroxyl groups excluding tert-OH is 2. The number of amides is 4. The van der Waals surface area contributed by atoms with E-state index in [1.165, 1.54) is 9.80 Å². The van der Waals surface area contributed by atoms with Crippen LogP contribution in [0.2, 0.25) is 0 Å². The molecule has 0 bridgehead atoms. The van der Waals surface area contributed by atoms with E-state index in [2.05, 4.69) is 0 Å². The van der Waals surface area contributed by atoms with Crippen LogP contribution in [-0.4, -0.2) is 68.9 Å². The van der Waals surface area contributed by atoms with Crippen molar-refractivity contribution in [2.24, 2.45) is 11.8 Å². The molecule has 2 aliphatic heterocycles. The van der Waals surface area contributed by atoms with Gasteiger partial charge in [-0.1, -0.05) is 52.0 Å². The summed E-state index contributed by atoms with van der Waals surface area (Å²) in [6.45, 7) is 7.34. The van der Waals surface area contributed by atoms with Crippen molar-refractivity contribution in [1.29, 1.82) is 0 Å². The predicted octanol–water partition coefficient (Wildman–Crippen LogP) is 5.74. The number of carbonyl (C=O) groups excluding carboxylic acids is 4. The molecule has 2 aliphatic rings. The van der Waals surface area contributed by atoms with E-state index in [1.54, 1.807) is 24.3 Å². The third kappa shape index (κ3) is 3.77. The Kier molecular flexibility index (Phi) is 6.50. The van der Waals surface area contributed by atoms with Crippen molar-refractivity contribution in [3.8, 4) is 0 Å². The Morgan fingerprint density at radius 2 is 0.750 bits per heavy atom. The standard InChI is InChI=1S/C36H34N2O6/c1-17(2)13-19(15-39)37-33(41)25-9-5-21-23-7-11-27-32-28(36(44)38(35(27)43)20(16-40)14-18(3)4)12-8-24(30(23)32)22-6-10-26(34(37)42)31(25)29(21)22/h5-12,17-20,39-40H,13-16H2,1-4H3/t19-,20-/m1/s1. The van der Waals surface area contributed by atoms with Gasteiger partial charge in [0.25, 0.3) is 23.6 Å². The fraction of sp³-hybridized carbons (Fsp3) is 0.333. The second-order valence-corrected chi connectivity index (χ2v) is 13.0. The van der Waals surface area contributed by atoms with Crippen LogP contribution in [0.3, 0.4) is 0 Å². The van der Waals surface area contributed by atoms with E-state index < -0.39 is 35.7 Å². The quantitative estimate of drug-likeness (QED) is 0.135. The van der Waals surface area contributed by atoms with Crippen molar-refractivity contribution in [2.75, 3.05) is 13.2 Å². The Morgan fingerprint density at radius 3 is 0.977 bits per heavy atom. The minimum atomic E-state index is -0.622. The highest BCUT2D eigenvalue weighted by Crippen LogP contribution is 2.46. The van der Waals surface area contributed by atoms with Crippen LogP contribution in [0, 0.1) is 11.8 Å².